The second-order valence-electron chi connectivity index (χ2n) is 14.8. The normalized spacial score (nSPS) is 12.8. The van der Waals surface area contributed by atoms with E-state index >= 15 is 0 Å². The molecule has 0 fully saturated rings. The van der Waals surface area contributed by atoms with Crippen LogP contribution in [0.15, 0.2) is 53.5 Å². The van der Waals surface area contributed by atoms with Crippen molar-refractivity contribution >= 4 is 50.6 Å². The number of amides is 4. The minimum absolute atomic E-state index is 0.362. The molecule has 1 N–H and O–H groups in total. The van der Waals surface area contributed by atoms with Gasteiger partial charge in [0.2, 0.25) is 0 Å². The number of carbonyl (C=O) groups is 4. The number of rotatable bonds is 5. The van der Waals surface area contributed by atoms with E-state index in [0.29, 0.717) is 19.8 Å². The number of ether oxygens (including phenoxy) is 5. The van der Waals surface area contributed by atoms with E-state index in [1.54, 1.807) is 139 Å². The fourth-order valence-corrected chi connectivity index (χ4v) is 6.73. The zero-order chi connectivity index (χ0) is 37.5. The Bertz CT molecular complexity index is 1490. The van der Waals surface area contributed by atoms with Gasteiger partial charge in [0.25, 0.3) is 0 Å². The predicted octanol–water partition coefficient (Wildman–Crippen LogP) is 8.35. The first-order chi connectivity index (χ1) is 22.3. The second kappa shape index (κ2) is 16.2. The van der Waals surface area contributed by atoms with Crippen molar-refractivity contribution in [2.75, 3.05) is 7.11 Å². The number of guanidine groups is 1. The van der Waals surface area contributed by atoms with Gasteiger partial charge in [0.15, 0.2) is 0 Å². The number of imide groups is 1. The topological polar surface area (TPSA) is 154 Å². The summed E-state index contributed by atoms with van der Waals surface area (Å²) in [6.07, 6.45) is -4.79. The molecule has 2 aromatic carbocycles. The third kappa shape index (κ3) is 14.2. The van der Waals surface area contributed by atoms with Crippen LogP contribution in [0.5, 0.6) is 5.75 Å². The van der Waals surface area contributed by atoms with Crippen molar-refractivity contribution in [3.05, 3.63) is 61.2 Å². The van der Waals surface area contributed by atoms with E-state index in [4.69, 9.17) is 23.7 Å². The number of halogens is 1. The molecular formula is C35H50IN3O10. The molecule has 0 aliphatic heterocycles. The molecule has 0 saturated carbocycles. The van der Waals surface area contributed by atoms with E-state index in [0.717, 1.165) is 8.47 Å². The molecule has 0 aliphatic carbocycles. The summed E-state index contributed by atoms with van der Waals surface area (Å²) in [6.45, 7) is 18.8. The van der Waals surface area contributed by atoms with Crippen LogP contribution in [0.4, 0.5) is 19.2 Å². The van der Waals surface area contributed by atoms with Gasteiger partial charge in [0, 0.05) is 0 Å². The number of nitrogens with zero attached hydrogens (tertiary/aromatic N) is 3. The molecule has 0 bridgehead atoms. The predicted molar refractivity (Wildman–Crippen MR) is 193 cm³/mol. The molecule has 0 atom stereocenters. The maximum absolute atomic E-state index is 14.0. The molecule has 0 radical (unpaired) electrons. The van der Waals surface area contributed by atoms with E-state index in [-0.39, 0.29) is 6.54 Å². The van der Waals surface area contributed by atoms with Crippen LogP contribution in [0.2, 0.25) is 0 Å². The number of benzene rings is 2. The maximum atomic E-state index is 14.0. The molecule has 272 valence electrons. The van der Waals surface area contributed by atoms with Crippen molar-refractivity contribution in [2.24, 2.45) is 4.99 Å². The molecule has 4 amide bonds. The fraction of sp³-hybridized carbons (Fsp3) is 0.514. The summed E-state index contributed by atoms with van der Waals surface area (Å²) in [7, 11) is 1.55. The van der Waals surface area contributed by atoms with Gasteiger partial charge in [0.05, 0.1) is 0 Å². The summed E-state index contributed by atoms with van der Waals surface area (Å²) in [5.74, 6) is -0.127. The van der Waals surface area contributed by atoms with Crippen LogP contribution in [0, 0.1) is 7.14 Å². The molecule has 13 nitrogen and oxygen atoms in total. The number of carbonyl (C=O) groups excluding carboxylic acids is 4. The molecule has 0 saturated heterocycles. The molecule has 0 spiro atoms. The van der Waals surface area contributed by atoms with Gasteiger partial charge in [-0.3, -0.25) is 0 Å². The fourth-order valence-electron chi connectivity index (χ4n) is 3.73. The van der Waals surface area contributed by atoms with Crippen LogP contribution < -0.4 is 4.74 Å². The van der Waals surface area contributed by atoms with Gasteiger partial charge in [0.1, 0.15) is 0 Å². The van der Waals surface area contributed by atoms with Crippen molar-refractivity contribution in [3.63, 3.8) is 0 Å². The summed E-state index contributed by atoms with van der Waals surface area (Å²) in [4.78, 5) is 60.0. The summed E-state index contributed by atoms with van der Waals surface area (Å²) in [5.41, 5.74) is -3.83. The zero-order valence-electron chi connectivity index (χ0n) is 30.7. The molecular weight excluding hydrogens is 749 g/mol. The van der Waals surface area contributed by atoms with Crippen molar-refractivity contribution in [2.45, 2.75) is 112 Å². The molecule has 0 aromatic heterocycles. The Hall–Kier alpha value is -3.92. The molecule has 14 heteroatoms. The van der Waals surface area contributed by atoms with Gasteiger partial charge >= 0.3 is 298 Å². The molecule has 49 heavy (non-hydrogen) atoms. The van der Waals surface area contributed by atoms with Crippen molar-refractivity contribution < 1.29 is 46.3 Å². The van der Waals surface area contributed by atoms with Gasteiger partial charge in [-0.2, -0.15) is 0 Å². The van der Waals surface area contributed by atoms with Gasteiger partial charge in [-0.05, 0) is 0 Å². The Morgan fingerprint density at radius 1 is 0.673 bits per heavy atom. The molecule has 2 aromatic rings. The molecule has 0 heterocycles. The van der Waals surface area contributed by atoms with Gasteiger partial charge < -0.3 is 0 Å². The van der Waals surface area contributed by atoms with Crippen LogP contribution in [0.1, 0.15) is 88.6 Å². The average Bonchev–Trinajstić information content (AvgIpc) is 2.91. The second-order valence-corrected chi connectivity index (χ2v) is 18.8. The third-order valence-corrected chi connectivity index (χ3v) is 9.23. The first kappa shape index (κ1) is 41.3. The van der Waals surface area contributed by atoms with Gasteiger partial charge in [-0.15, -0.1) is 0 Å². The van der Waals surface area contributed by atoms with E-state index < -0.39 is 73.0 Å². The summed E-state index contributed by atoms with van der Waals surface area (Å²) >= 11 is -2.92. The Morgan fingerprint density at radius 3 is 1.59 bits per heavy atom. The summed E-state index contributed by atoms with van der Waals surface area (Å²) < 4.78 is 40.1. The van der Waals surface area contributed by atoms with Crippen LogP contribution in [0.25, 0.3) is 0 Å². The van der Waals surface area contributed by atoms with E-state index in [1.165, 1.54) is 0 Å². The van der Waals surface area contributed by atoms with E-state index in [2.05, 4.69) is 4.99 Å². The average molecular weight is 800 g/mol. The minimum atomic E-state index is -2.92. The van der Waals surface area contributed by atoms with Crippen molar-refractivity contribution in [1.82, 2.24) is 9.80 Å². The van der Waals surface area contributed by atoms with Crippen LogP contribution >= 0.6 is 20.2 Å². The summed E-state index contributed by atoms with van der Waals surface area (Å²) in [6, 6.07) is 13.9. The Balaban J connectivity index is 2.82. The van der Waals surface area contributed by atoms with Gasteiger partial charge in [-0.1, -0.05) is 0 Å². The van der Waals surface area contributed by atoms with Crippen LogP contribution in [-0.2, 0) is 25.5 Å². The standard InChI is InChI=1S/C35H50IN3O10/c1-32(2,3)46-28(40)37-27(39(30(42)48-34(7,8)9)31(43)49-35(10,11)12)38(29(41)47-33(4,5)6)22-23-15-14-16-25(21-23)36(44)24-17-19-26(45-13)20-18-24/h14-21,44H,22H2,1-13H3. The number of hydrogen-bond donors (Lipinski definition) is 1. The van der Waals surface area contributed by atoms with Crippen LogP contribution in [0.3, 0.4) is 0 Å². The summed E-state index contributed by atoms with van der Waals surface area (Å²) in [5, 5.41) is 0. The monoisotopic (exact) mass is 799 g/mol. The molecule has 0 aliphatic rings. The molecule has 0 unspecified atom stereocenters. The Labute approximate surface area is 296 Å². The number of hydrogen-bond acceptors (Lipinski definition) is 10. The first-order valence-electron chi connectivity index (χ1n) is 15.5. The van der Waals surface area contributed by atoms with E-state index in [9.17, 15) is 22.6 Å². The third-order valence-electron chi connectivity index (χ3n) is 5.48. The molecule has 2 rings (SSSR count). The SMILES string of the molecule is COc1ccc(I(O)c2cccc(CN(C(=O)OC(C)(C)C)C(=NC(=O)OC(C)(C)C)N(C(=O)OC(C)(C)C)C(=O)OC(C)(C)C)c2)cc1. The number of methoxy groups -OCH3 is 1. The zero-order valence-corrected chi connectivity index (χ0v) is 32.8. The Kier molecular flexibility index (Phi) is 13.6. The number of aliphatic imine (C=N–C) groups is 1. The first-order valence-corrected chi connectivity index (χ1v) is 18.6. The quantitative estimate of drug-likeness (QED) is 0.135. The van der Waals surface area contributed by atoms with E-state index in [1.807, 2.05) is 0 Å². The van der Waals surface area contributed by atoms with Crippen molar-refractivity contribution in [1.29, 1.82) is 0 Å². The van der Waals surface area contributed by atoms with Crippen LogP contribution in [-0.4, -0.2) is 73.1 Å². The Morgan fingerprint density at radius 2 is 1.14 bits per heavy atom. The van der Waals surface area contributed by atoms with Gasteiger partial charge in [-0.25, -0.2) is 0 Å². The van der Waals surface area contributed by atoms with Crippen molar-refractivity contribution in [3.8, 4) is 5.75 Å².